The Hall–Kier alpha value is -3.52. The zero-order chi connectivity index (χ0) is 24.9. The van der Waals surface area contributed by atoms with Crippen molar-refractivity contribution in [3.05, 3.63) is 81.7 Å². The van der Waals surface area contributed by atoms with Crippen LogP contribution in [0.3, 0.4) is 0 Å². The quantitative estimate of drug-likeness (QED) is 0.489. The van der Waals surface area contributed by atoms with Crippen LogP contribution in [-0.4, -0.2) is 47.3 Å². The van der Waals surface area contributed by atoms with Crippen molar-refractivity contribution in [2.24, 2.45) is 5.92 Å². The van der Waals surface area contributed by atoms with Crippen LogP contribution in [0.1, 0.15) is 48.4 Å². The lowest BCUT2D eigenvalue weighted by atomic mass is 9.91. The lowest BCUT2D eigenvalue weighted by molar-refractivity contribution is -0.149. The summed E-state index contributed by atoms with van der Waals surface area (Å²) in [6, 6.07) is 12.2. The molecule has 3 heterocycles. The van der Waals surface area contributed by atoms with Crippen molar-refractivity contribution >= 4 is 5.97 Å². The smallest absolute Gasteiger partial charge is 0.309 e. The van der Waals surface area contributed by atoms with Gasteiger partial charge in [0.2, 0.25) is 0 Å². The molecule has 0 amide bonds. The molecule has 35 heavy (non-hydrogen) atoms. The number of aromatic hydroxyl groups is 1. The van der Waals surface area contributed by atoms with E-state index in [9.17, 15) is 14.7 Å². The van der Waals surface area contributed by atoms with Crippen molar-refractivity contribution in [2.75, 3.05) is 26.8 Å². The Morgan fingerprint density at radius 1 is 1.20 bits per heavy atom. The summed E-state index contributed by atoms with van der Waals surface area (Å²) in [6.45, 7) is 5.38. The number of aryl methyl sites for hydroxylation is 1. The first-order valence-corrected chi connectivity index (χ1v) is 11.9. The monoisotopic (exact) mass is 480 g/mol. The first-order valence-electron chi connectivity index (χ1n) is 11.9. The van der Waals surface area contributed by atoms with Gasteiger partial charge in [0.1, 0.15) is 17.3 Å². The van der Waals surface area contributed by atoms with Gasteiger partial charge in [0.15, 0.2) is 0 Å². The van der Waals surface area contributed by atoms with E-state index in [-0.39, 0.29) is 29.7 Å². The Morgan fingerprint density at radius 3 is 2.63 bits per heavy atom. The number of piperidine rings is 1. The summed E-state index contributed by atoms with van der Waals surface area (Å²) in [5, 5.41) is 11.1. The van der Waals surface area contributed by atoms with E-state index >= 15 is 0 Å². The van der Waals surface area contributed by atoms with E-state index in [1.54, 1.807) is 43.9 Å². The van der Waals surface area contributed by atoms with Crippen molar-refractivity contribution in [2.45, 2.75) is 39.3 Å². The number of furan rings is 1. The fourth-order valence-electron chi connectivity index (χ4n) is 4.81. The van der Waals surface area contributed by atoms with Gasteiger partial charge in [-0.2, -0.15) is 0 Å². The minimum Gasteiger partial charge on any atom is -0.507 e. The maximum absolute atomic E-state index is 13.8. The Bertz CT molecular complexity index is 1210. The van der Waals surface area contributed by atoms with Gasteiger partial charge in [-0.1, -0.05) is 12.1 Å². The number of rotatable bonds is 8. The predicted molar refractivity (Wildman–Crippen MR) is 131 cm³/mol. The highest BCUT2D eigenvalue weighted by Crippen LogP contribution is 2.36. The molecule has 0 spiro atoms. The molecule has 3 aromatic rings. The highest BCUT2D eigenvalue weighted by Gasteiger charge is 2.34. The Labute approximate surface area is 204 Å². The van der Waals surface area contributed by atoms with Crippen LogP contribution in [0.4, 0.5) is 0 Å². The third kappa shape index (κ3) is 5.27. The maximum Gasteiger partial charge on any atom is 0.309 e. The summed E-state index contributed by atoms with van der Waals surface area (Å²) < 4.78 is 17.7. The van der Waals surface area contributed by atoms with Crippen molar-refractivity contribution < 1.29 is 23.8 Å². The molecule has 0 aliphatic carbocycles. The third-order valence-corrected chi connectivity index (χ3v) is 6.61. The lowest BCUT2D eigenvalue weighted by Gasteiger charge is -2.37. The largest absolute Gasteiger partial charge is 0.507 e. The first-order chi connectivity index (χ1) is 16.9. The Balaban J connectivity index is 1.76. The van der Waals surface area contributed by atoms with Gasteiger partial charge in [-0.3, -0.25) is 14.5 Å². The number of methoxy groups -OCH3 is 1. The molecule has 8 nitrogen and oxygen atoms in total. The predicted octanol–water partition coefficient (Wildman–Crippen LogP) is 3.88. The van der Waals surface area contributed by atoms with Crippen LogP contribution in [-0.2, 0) is 16.1 Å². The van der Waals surface area contributed by atoms with Crippen LogP contribution in [0.5, 0.6) is 11.5 Å². The average Bonchev–Trinajstić information content (AvgIpc) is 3.38. The second-order valence-electron chi connectivity index (χ2n) is 8.80. The molecule has 186 valence electrons. The SMILES string of the molecule is CCOC(=O)C1CCN(C(c2cccc(OC)c2)c2c(O)cc(C)n(Cc3ccco3)c2=O)CC1. The molecule has 0 bridgehead atoms. The topological polar surface area (TPSA) is 94.1 Å². The molecule has 0 saturated carbocycles. The van der Waals surface area contributed by atoms with Gasteiger partial charge in [0, 0.05) is 5.69 Å². The molecule has 1 aliphatic rings. The highest BCUT2D eigenvalue weighted by atomic mass is 16.5. The highest BCUT2D eigenvalue weighted by molar-refractivity contribution is 5.72. The number of hydrogen-bond acceptors (Lipinski definition) is 7. The minimum atomic E-state index is -0.510. The van der Waals surface area contributed by atoms with E-state index in [1.165, 1.54) is 0 Å². The first kappa shape index (κ1) is 24.6. The molecule has 1 N–H and O–H groups in total. The summed E-state index contributed by atoms with van der Waals surface area (Å²) in [4.78, 5) is 28.3. The summed E-state index contributed by atoms with van der Waals surface area (Å²) in [6.07, 6.45) is 2.81. The number of hydrogen-bond donors (Lipinski definition) is 1. The van der Waals surface area contributed by atoms with Gasteiger partial charge in [-0.05, 0) is 75.7 Å². The Morgan fingerprint density at radius 2 is 1.97 bits per heavy atom. The number of carbonyl (C=O) groups is 1. The number of benzene rings is 1. The molecule has 1 fully saturated rings. The minimum absolute atomic E-state index is 0.0523. The number of ether oxygens (including phenoxy) is 2. The zero-order valence-electron chi connectivity index (χ0n) is 20.4. The Kier molecular flexibility index (Phi) is 7.60. The number of likely N-dealkylation sites (tertiary alicyclic amines) is 1. The van der Waals surface area contributed by atoms with Gasteiger partial charge in [0.25, 0.3) is 5.56 Å². The van der Waals surface area contributed by atoms with Gasteiger partial charge in [0.05, 0.1) is 44.0 Å². The maximum atomic E-state index is 13.8. The molecule has 1 aliphatic heterocycles. The molecule has 1 atom stereocenters. The number of carbonyl (C=O) groups excluding carboxylic acids is 1. The number of pyridine rings is 1. The van der Waals surface area contributed by atoms with E-state index in [0.717, 1.165) is 5.56 Å². The molecular formula is C27H32N2O6. The fourth-order valence-corrected chi connectivity index (χ4v) is 4.81. The van der Waals surface area contributed by atoms with Gasteiger partial charge in [-0.15, -0.1) is 0 Å². The third-order valence-electron chi connectivity index (χ3n) is 6.61. The molecule has 1 saturated heterocycles. The van der Waals surface area contributed by atoms with E-state index in [2.05, 4.69) is 4.90 Å². The normalized spacial score (nSPS) is 15.6. The van der Waals surface area contributed by atoms with Crippen LogP contribution >= 0.6 is 0 Å². The molecular weight excluding hydrogens is 448 g/mol. The molecule has 8 heteroatoms. The van der Waals surface area contributed by atoms with Crippen molar-refractivity contribution in [3.8, 4) is 11.5 Å². The zero-order valence-corrected chi connectivity index (χ0v) is 20.4. The van der Waals surface area contributed by atoms with E-state index < -0.39 is 6.04 Å². The van der Waals surface area contributed by atoms with Crippen LogP contribution in [0.15, 0.2) is 57.9 Å². The van der Waals surface area contributed by atoms with Crippen molar-refractivity contribution in [1.29, 1.82) is 0 Å². The molecule has 1 aromatic carbocycles. The molecule has 2 aromatic heterocycles. The van der Waals surface area contributed by atoms with Crippen LogP contribution < -0.4 is 10.3 Å². The standard InChI is InChI=1S/C27H32N2O6/c1-4-34-27(32)19-10-12-28(13-11-19)25(20-7-5-8-21(16-20)33-3)24-23(30)15-18(2)29(26(24)31)17-22-9-6-14-35-22/h5-9,14-16,19,25,30H,4,10-13,17H2,1-3H3. The van der Waals surface area contributed by atoms with Crippen LogP contribution in [0, 0.1) is 12.8 Å². The molecule has 4 rings (SSSR count). The van der Waals surface area contributed by atoms with Crippen LogP contribution in [0.2, 0.25) is 0 Å². The number of nitrogens with zero attached hydrogens (tertiary/aromatic N) is 2. The van der Waals surface area contributed by atoms with E-state index in [1.807, 2.05) is 30.3 Å². The second-order valence-corrected chi connectivity index (χ2v) is 8.80. The van der Waals surface area contributed by atoms with Crippen molar-refractivity contribution in [3.63, 3.8) is 0 Å². The summed E-state index contributed by atoms with van der Waals surface area (Å²) in [7, 11) is 1.60. The fraction of sp³-hybridized carbons (Fsp3) is 0.407. The molecule has 1 unspecified atom stereocenters. The van der Waals surface area contributed by atoms with E-state index in [4.69, 9.17) is 13.9 Å². The average molecular weight is 481 g/mol. The van der Waals surface area contributed by atoms with Gasteiger partial charge < -0.3 is 23.6 Å². The lowest BCUT2D eigenvalue weighted by Crippen LogP contribution is -2.42. The molecule has 0 radical (unpaired) electrons. The number of esters is 1. The van der Waals surface area contributed by atoms with Gasteiger partial charge >= 0.3 is 5.97 Å². The van der Waals surface area contributed by atoms with E-state index in [0.29, 0.717) is 55.3 Å². The van der Waals surface area contributed by atoms with Crippen molar-refractivity contribution in [1.82, 2.24) is 9.47 Å². The summed E-state index contributed by atoms with van der Waals surface area (Å²) in [5.74, 6) is 0.920. The summed E-state index contributed by atoms with van der Waals surface area (Å²) >= 11 is 0. The van der Waals surface area contributed by atoms with Crippen LogP contribution in [0.25, 0.3) is 0 Å². The second kappa shape index (κ2) is 10.8. The van der Waals surface area contributed by atoms with Gasteiger partial charge in [-0.25, -0.2) is 0 Å². The summed E-state index contributed by atoms with van der Waals surface area (Å²) in [5.41, 5.74) is 1.49. The number of aromatic nitrogens is 1.